The maximum absolute atomic E-state index is 13.3. The SMILES string of the molecule is Cc1cc(F)cc2c(C(F)(F)F)c(C(=O)O)cnc12. The number of benzene rings is 1. The third-order valence-corrected chi connectivity index (χ3v) is 2.64. The Bertz CT molecular complexity index is 679. The minimum Gasteiger partial charge on any atom is -0.478 e. The van der Waals surface area contributed by atoms with E-state index in [4.69, 9.17) is 5.11 Å². The number of aryl methyl sites for hydroxylation is 1. The standard InChI is InChI=1S/C12H7F4NO2/c1-5-2-6(13)3-7-9(12(14,15)16)8(11(18)19)4-17-10(5)7/h2-4H,1H3,(H,18,19). The van der Waals surface area contributed by atoms with Gasteiger partial charge in [0.2, 0.25) is 0 Å². The van der Waals surface area contributed by atoms with Gasteiger partial charge in [-0.1, -0.05) is 0 Å². The Morgan fingerprint density at radius 1 is 1.32 bits per heavy atom. The molecular formula is C12H7F4NO2. The van der Waals surface area contributed by atoms with Gasteiger partial charge in [0.15, 0.2) is 0 Å². The van der Waals surface area contributed by atoms with Crippen LogP contribution in [0.15, 0.2) is 18.3 Å². The lowest BCUT2D eigenvalue weighted by Crippen LogP contribution is -2.14. The summed E-state index contributed by atoms with van der Waals surface area (Å²) in [4.78, 5) is 14.5. The van der Waals surface area contributed by atoms with Crippen molar-refractivity contribution in [3.05, 3.63) is 40.8 Å². The summed E-state index contributed by atoms with van der Waals surface area (Å²) in [7, 11) is 0. The summed E-state index contributed by atoms with van der Waals surface area (Å²) in [5.74, 6) is -2.64. The molecule has 0 aliphatic rings. The molecule has 0 saturated heterocycles. The van der Waals surface area contributed by atoms with Crippen LogP contribution in [0, 0.1) is 12.7 Å². The van der Waals surface area contributed by atoms with Crippen LogP contribution < -0.4 is 0 Å². The molecule has 2 aromatic rings. The Balaban J connectivity index is 2.99. The molecule has 0 bridgehead atoms. The summed E-state index contributed by atoms with van der Waals surface area (Å²) in [6.07, 6.45) is -4.27. The molecule has 0 amide bonds. The maximum Gasteiger partial charge on any atom is 0.417 e. The highest BCUT2D eigenvalue weighted by molar-refractivity contribution is 5.97. The number of alkyl halides is 3. The zero-order valence-corrected chi connectivity index (χ0v) is 9.55. The molecule has 1 heterocycles. The minimum atomic E-state index is -4.91. The highest BCUT2D eigenvalue weighted by Gasteiger charge is 2.38. The number of hydrogen-bond donors (Lipinski definition) is 1. The summed E-state index contributed by atoms with van der Waals surface area (Å²) in [6, 6.07) is 1.68. The summed E-state index contributed by atoms with van der Waals surface area (Å²) >= 11 is 0. The number of pyridine rings is 1. The van der Waals surface area contributed by atoms with Gasteiger partial charge in [0.05, 0.1) is 16.6 Å². The van der Waals surface area contributed by atoms with Crippen molar-refractivity contribution >= 4 is 16.9 Å². The van der Waals surface area contributed by atoms with Crippen LogP contribution in [0.5, 0.6) is 0 Å². The maximum atomic E-state index is 13.3. The molecule has 0 aliphatic carbocycles. The number of halogens is 4. The molecule has 0 aliphatic heterocycles. The van der Waals surface area contributed by atoms with Crippen LogP contribution in [-0.4, -0.2) is 16.1 Å². The Hall–Kier alpha value is -2.18. The number of aromatic nitrogens is 1. The van der Waals surface area contributed by atoms with E-state index >= 15 is 0 Å². The first-order chi connectivity index (χ1) is 8.71. The fourth-order valence-electron chi connectivity index (χ4n) is 1.90. The van der Waals surface area contributed by atoms with E-state index in [0.717, 1.165) is 6.07 Å². The van der Waals surface area contributed by atoms with Gasteiger partial charge in [0.25, 0.3) is 0 Å². The number of nitrogens with zero attached hydrogens (tertiary/aromatic N) is 1. The topological polar surface area (TPSA) is 50.2 Å². The molecular weight excluding hydrogens is 266 g/mol. The van der Waals surface area contributed by atoms with E-state index in [9.17, 15) is 22.4 Å². The molecule has 100 valence electrons. The Morgan fingerprint density at radius 3 is 2.47 bits per heavy atom. The smallest absolute Gasteiger partial charge is 0.417 e. The zero-order valence-electron chi connectivity index (χ0n) is 9.55. The number of carboxylic acid groups (broad SMARTS) is 1. The second kappa shape index (κ2) is 4.18. The summed E-state index contributed by atoms with van der Waals surface area (Å²) < 4.78 is 52.2. The molecule has 1 aromatic heterocycles. The second-order valence-corrected chi connectivity index (χ2v) is 3.97. The number of carbonyl (C=O) groups is 1. The summed E-state index contributed by atoms with van der Waals surface area (Å²) in [6.45, 7) is 1.40. The number of carboxylic acids is 1. The van der Waals surface area contributed by atoms with Crippen LogP contribution >= 0.6 is 0 Å². The number of rotatable bonds is 1. The van der Waals surface area contributed by atoms with E-state index in [-0.39, 0.29) is 11.1 Å². The normalized spacial score (nSPS) is 11.8. The molecule has 0 atom stereocenters. The van der Waals surface area contributed by atoms with Crippen LogP contribution in [-0.2, 0) is 6.18 Å². The van der Waals surface area contributed by atoms with Crippen LogP contribution in [0.1, 0.15) is 21.5 Å². The molecule has 7 heteroatoms. The quantitative estimate of drug-likeness (QED) is 0.810. The average Bonchev–Trinajstić information content (AvgIpc) is 2.25. The van der Waals surface area contributed by atoms with E-state index in [1.807, 2.05) is 0 Å². The predicted octanol–water partition coefficient (Wildman–Crippen LogP) is 3.40. The van der Waals surface area contributed by atoms with Crippen molar-refractivity contribution in [1.29, 1.82) is 0 Å². The van der Waals surface area contributed by atoms with Crippen LogP contribution in [0.3, 0.4) is 0 Å². The molecule has 0 unspecified atom stereocenters. The lowest BCUT2D eigenvalue weighted by atomic mass is 10.0. The molecule has 1 N–H and O–H groups in total. The van der Waals surface area contributed by atoms with Gasteiger partial charge >= 0.3 is 12.1 Å². The van der Waals surface area contributed by atoms with Gasteiger partial charge in [-0.15, -0.1) is 0 Å². The molecule has 0 spiro atoms. The van der Waals surface area contributed by atoms with Crippen molar-refractivity contribution in [2.45, 2.75) is 13.1 Å². The second-order valence-electron chi connectivity index (χ2n) is 3.97. The van der Waals surface area contributed by atoms with Gasteiger partial charge < -0.3 is 5.11 Å². The highest BCUT2D eigenvalue weighted by Crippen LogP contribution is 2.37. The van der Waals surface area contributed by atoms with Gasteiger partial charge in [-0.25, -0.2) is 9.18 Å². The lowest BCUT2D eigenvalue weighted by molar-refractivity contribution is -0.136. The van der Waals surface area contributed by atoms with Crippen molar-refractivity contribution in [1.82, 2.24) is 4.98 Å². The lowest BCUT2D eigenvalue weighted by Gasteiger charge is -2.14. The zero-order chi connectivity index (χ0) is 14.4. The molecule has 0 saturated carbocycles. The highest BCUT2D eigenvalue weighted by atomic mass is 19.4. The number of hydrogen-bond acceptors (Lipinski definition) is 2. The van der Waals surface area contributed by atoms with Crippen LogP contribution in [0.2, 0.25) is 0 Å². The van der Waals surface area contributed by atoms with E-state index in [1.54, 1.807) is 0 Å². The third-order valence-electron chi connectivity index (χ3n) is 2.64. The predicted molar refractivity (Wildman–Crippen MR) is 58.4 cm³/mol. The number of fused-ring (bicyclic) bond motifs is 1. The van der Waals surface area contributed by atoms with Crippen LogP contribution in [0.25, 0.3) is 10.9 Å². The van der Waals surface area contributed by atoms with E-state index < -0.39 is 34.5 Å². The molecule has 2 rings (SSSR count). The fourth-order valence-corrected chi connectivity index (χ4v) is 1.90. The molecule has 3 nitrogen and oxygen atoms in total. The van der Waals surface area contributed by atoms with Crippen molar-refractivity contribution in [3.8, 4) is 0 Å². The average molecular weight is 273 g/mol. The van der Waals surface area contributed by atoms with Gasteiger partial charge in [-0.2, -0.15) is 13.2 Å². The minimum absolute atomic E-state index is 0.0706. The van der Waals surface area contributed by atoms with Crippen molar-refractivity contribution in [3.63, 3.8) is 0 Å². The van der Waals surface area contributed by atoms with Crippen molar-refractivity contribution in [2.24, 2.45) is 0 Å². The molecule has 0 fully saturated rings. The van der Waals surface area contributed by atoms with Crippen molar-refractivity contribution < 1.29 is 27.5 Å². The fraction of sp³-hybridized carbons (Fsp3) is 0.167. The first kappa shape index (κ1) is 13.3. The Labute approximate surface area is 104 Å². The largest absolute Gasteiger partial charge is 0.478 e. The first-order valence-electron chi connectivity index (χ1n) is 5.11. The van der Waals surface area contributed by atoms with Gasteiger partial charge in [0.1, 0.15) is 5.82 Å². The van der Waals surface area contributed by atoms with E-state index in [0.29, 0.717) is 12.3 Å². The molecule has 1 aromatic carbocycles. The first-order valence-corrected chi connectivity index (χ1v) is 5.11. The van der Waals surface area contributed by atoms with Gasteiger partial charge in [-0.05, 0) is 24.6 Å². The summed E-state index contributed by atoms with van der Waals surface area (Å²) in [5, 5.41) is 8.24. The molecule has 19 heavy (non-hydrogen) atoms. The Morgan fingerprint density at radius 2 is 1.95 bits per heavy atom. The third kappa shape index (κ3) is 2.23. The van der Waals surface area contributed by atoms with Gasteiger partial charge in [-0.3, -0.25) is 4.98 Å². The van der Waals surface area contributed by atoms with Crippen LogP contribution in [0.4, 0.5) is 17.6 Å². The van der Waals surface area contributed by atoms with E-state index in [1.165, 1.54) is 6.92 Å². The number of aromatic carboxylic acids is 1. The Kier molecular flexibility index (Phi) is 2.92. The van der Waals surface area contributed by atoms with Gasteiger partial charge in [0, 0.05) is 11.6 Å². The monoisotopic (exact) mass is 273 g/mol. The molecule has 0 radical (unpaired) electrons. The summed E-state index contributed by atoms with van der Waals surface area (Å²) in [5.41, 5.74) is -2.24. The van der Waals surface area contributed by atoms with E-state index in [2.05, 4.69) is 4.98 Å². The van der Waals surface area contributed by atoms with Crippen molar-refractivity contribution in [2.75, 3.05) is 0 Å².